The molecule has 2 aromatic rings. The molecule has 0 spiro atoms. The van der Waals surface area contributed by atoms with Crippen molar-refractivity contribution in [3.63, 3.8) is 0 Å². The number of nitrogens with one attached hydrogen (secondary N) is 1. The molecule has 3 aliphatic rings. The van der Waals surface area contributed by atoms with E-state index in [1.165, 1.54) is 17.5 Å². The molecule has 0 saturated carbocycles. The van der Waals surface area contributed by atoms with E-state index in [4.69, 9.17) is 23.7 Å². The smallest absolute Gasteiger partial charge is 0.407 e. The van der Waals surface area contributed by atoms with Gasteiger partial charge in [0.05, 0.1) is 45.0 Å². The van der Waals surface area contributed by atoms with Crippen LogP contribution in [0.25, 0.3) is 0 Å². The van der Waals surface area contributed by atoms with E-state index in [1.807, 2.05) is 37.3 Å². The van der Waals surface area contributed by atoms with Crippen LogP contribution >= 0.6 is 0 Å². The van der Waals surface area contributed by atoms with Gasteiger partial charge in [-0.05, 0) is 49.3 Å². The molecule has 2 N–H and O–H groups in total. The first-order valence-corrected chi connectivity index (χ1v) is 17.9. The number of carbonyl (C=O) groups excluding carboxylic acids is 1. The van der Waals surface area contributed by atoms with Crippen molar-refractivity contribution in [3.05, 3.63) is 54.1 Å². The highest BCUT2D eigenvalue weighted by Crippen LogP contribution is 2.34. The third-order valence-electron chi connectivity index (χ3n) is 9.08. The summed E-state index contributed by atoms with van der Waals surface area (Å²) >= 11 is 0. The van der Waals surface area contributed by atoms with Crippen molar-refractivity contribution in [2.45, 2.75) is 87.7 Å². The second-order valence-electron chi connectivity index (χ2n) is 12.6. The number of β-amino-alcohol motifs (C(OH)–C–C–N with tert-alkyl or cyclic N) is 1. The number of amides is 1. The minimum absolute atomic E-state index is 0.0197. The first-order chi connectivity index (χ1) is 22.2. The highest BCUT2D eigenvalue weighted by atomic mass is 32.2. The molecule has 46 heavy (non-hydrogen) atoms. The van der Waals surface area contributed by atoms with Gasteiger partial charge >= 0.3 is 6.09 Å². The fourth-order valence-electron chi connectivity index (χ4n) is 6.45. The lowest BCUT2D eigenvalue weighted by molar-refractivity contribution is -0.0907. The number of ether oxygens (including phenoxy) is 5. The van der Waals surface area contributed by atoms with E-state index in [2.05, 4.69) is 5.32 Å². The largest absolute Gasteiger partial charge is 0.497 e. The Morgan fingerprint density at radius 1 is 1.04 bits per heavy atom. The summed E-state index contributed by atoms with van der Waals surface area (Å²) < 4.78 is 58.4. The fraction of sp³-hybridized carbons (Fsp3) is 0.618. The Balaban J connectivity index is 1.39. The van der Waals surface area contributed by atoms with Gasteiger partial charge in [0.15, 0.2) is 6.29 Å². The van der Waals surface area contributed by atoms with Crippen molar-refractivity contribution >= 4 is 16.1 Å². The molecule has 0 aliphatic carbocycles. The van der Waals surface area contributed by atoms with Gasteiger partial charge in [0.25, 0.3) is 0 Å². The van der Waals surface area contributed by atoms with E-state index >= 15 is 0 Å². The first-order valence-electron chi connectivity index (χ1n) is 16.5. The van der Waals surface area contributed by atoms with Crippen LogP contribution in [-0.2, 0) is 30.7 Å². The second-order valence-corrected chi connectivity index (χ2v) is 14.5. The lowest BCUT2D eigenvalue weighted by Crippen LogP contribution is -2.51. The summed E-state index contributed by atoms with van der Waals surface area (Å²) in [6.45, 7) is 3.18. The van der Waals surface area contributed by atoms with Crippen molar-refractivity contribution in [1.82, 2.24) is 9.62 Å². The number of hydrogen-bond acceptors (Lipinski definition) is 9. The van der Waals surface area contributed by atoms with E-state index < -0.39 is 34.4 Å². The number of alkyl carbamates (subject to hydrolysis) is 1. The van der Waals surface area contributed by atoms with Gasteiger partial charge < -0.3 is 34.1 Å². The number of hydrogen-bond donors (Lipinski definition) is 2. The Labute approximate surface area is 272 Å². The molecule has 11 nitrogen and oxygen atoms in total. The Bertz CT molecular complexity index is 1380. The number of aliphatic hydroxyl groups is 1. The maximum Gasteiger partial charge on any atom is 0.407 e. The molecule has 12 heteroatoms. The minimum atomic E-state index is -4.13. The van der Waals surface area contributed by atoms with Crippen LogP contribution in [0.4, 0.5) is 4.79 Å². The van der Waals surface area contributed by atoms with Crippen molar-refractivity contribution in [3.8, 4) is 11.5 Å². The minimum Gasteiger partial charge on any atom is -0.497 e. The van der Waals surface area contributed by atoms with Gasteiger partial charge in [0.1, 0.15) is 22.5 Å². The molecule has 254 valence electrons. The highest BCUT2D eigenvalue weighted by Gasteiger charge is 2.44. The summed E-state index contributed by atoms with van der Waals surface area (Å²) in [4.78, 5) is 13.2. The average molecular weight is 661 g/mol. The molecule has 6 atom stereocenters. The third-order valence-corrected chi connectivity index (χ3v) is 11.0. The zero-order valence-corrected chi connectivity index (χ0v) is 27.7. The first kappa shape index (κ1) is 34.4. The molecule has 2 saturated heterocycles. The fourth-order valence-corrected chi connectivity index (χ4v) is 8.14. The monoisotopic (exact) mass is 660 g/mol. The second kappa shape index (κ2) is 16.3. The number of aliphatic hydroxyl groups excluding tert-OH is 1. The number of fused-ring (bicyclic) bond motifs is 2. The van der Waals surface area contributed by atoms with Gasteiger partial charge in [0, 0.05) is 19.2 Å². The number of benzene rings is 2. The summed E-state index contributed by atoms with van der Waals surface area (Å²) in [5.74, 6) is 0.719. The number of sulfonamides is 1. The Hall–Kier alpha value is -2.90. The summed E-state index contributed by atoms with van der Waals surface area (Å²) in [5.41, 5.74) is 0.878. The van der Waals surface area contributed by atoms with Crippen LogP contribution in [0.1, 0.15) is 57.4 Å². The maximum atomic E-state index is 14.4. The lowest BCUT2D eigenvalue weighted by Gasteiger charge is -2.32. The lowest BCUT2D eigenvalue weighted by atomic mass is 10.00. The Kier molecular flexibility index (Phi) is 12.2. The highest BCUT2D eigenvalue weighted by molar-refractivity contribution is 7.89. The molecular weight excluding hydrogens is 612 g/mol. The van der Waals surface area contributed by atoms with Gasteiger partial charge in [-0.15, -0.1) is 0 Å². The molecule has 0 radical (unpaired) electrons. The van der Waals surface area contributed by atoms with Gasteiger partial charge in [-0.1, -0.05) is 62.9 Å². The summed E-state index contributed by atoms with van der Waals surface area (Å²) in [6.07, 6.45) is 4.08. The van der Waals surface area contributed by atoms with E-state index in [9.17, 15) is 18.3 Å². The number of nitrogens with zero attached hydrogens (tertiary/aromatic N) is 1. The molecule has 3 heterocycles. The van der Waals surface area contributed by atoms with E-state index in [1.54, 1.807) is 12.1 Å². The van der Waals surface area contributed by atoms with Crippen LogP contribution in [0.2, 0.25) is 0 Å². The average Bonchev–Trinajstić information content (AvgIpc) is 3.67. The quantitative estimate of drug-likeness (QED) is 0.420. The van der Waals surface area contributed by atoms with Crippen LogP contribution in [0, 0.1) is 11.8 Å². The van der Waals surface area contributed by atoms with Crippen LogP contribution < -0.4 is 14.8 Å². The van der Waals surface area contributed by atoms with E-state index in [0.29, 0.717) is 19.0 Å². The molecule has 0 aromatic heterocycles. The van der Waals surface area contributed by atoms with Crippen molar-refractivity contribution < 1.29 is 42.0 Å². The molecule has 2 fully saturated rings. The molecule has 0 unspecified atom stereocenters. The van der Waals surface area contributed by atoms with Crippen LogP contribution in [-0.4, -0.2) is 88.5 Å². The molecule has 0 bridgehead atoms. The van der Waals surface area contributed by atoms with Crippen LogP contribution in [0.3, 0.4) is 0 Å². The van der Waals surface area contributed by atoms with Crippen molar-refractivity contribution in [1.29, 1.82) is 0 Å². The summed E-state index contributed by atoms with van der Waals surface area (Å²) in [5, 5.41) is 14.6. The van der Waals surface area contributed by atoms with Gasteiger partial charge in [0.2, 0.25) is 10.0 Å². The Morgan fingerprint density at radius 2 is 1.83 bits per heavy atom. The SMILES string of the molecule is COc1ccc2c(c1)OCCCCCCC[C@H](C)CN(C[C@@H](O)[C@H](Cc1ccccc1)NC(=O)O[C@H]1CO[C@H]3OCC[C@H]31)S2(=O)=O. The van der Waals surface area contributed by atoms with E-state index in [0.717, 1.165) is 50.5 Å². The van der Waals surface area contributed by atoms with Gasteiger partial charge in [-0.2, -0.15) is 4.31 Å². The summed E-state index contributed by atoms with van der Waals surface area (Å²) in [6, 6.07) is 13.3. The molecule has 3 aliphatic heterocycles. The standard InChI is InChI=1S/C34H48N2O9S/c1-24-11-7-4-3-5-10-17-42-30-20-26(41-2)14-15-32(30)46(39,40)36(21-24)22-29(37)28(19-25-12-8-6-9-13-25)35-34(38)45-31-23-44-33-27(31)16-18-43-33/h6,8-9,12-15,20,24,27-29,31,33,37H,3-5,7,10-11,16-19,21-23H2,1-2H3,(H,35,38)/t24-,27-,28-,29+,31-,33+/m0/s1. The van der Waals surface area contributed by atoms with Gasteiger partial charge in [-0.25, -0.2) is 13.2 Å². The van der Waals surface area contributed by atoms with Crippen LogP contribution in [0.15, 0.2) is 53.4 Å². The number of rotatable bonds is 8. The topological polar surface area (TPSA) is 133 Å². The normalized spacial score (nSPS) is 26.8. The van der Waals surface area contributed by atoms with Gasteiger partial charge in [-0.3, -0.25) is 0 Å². The Morgan fingerprint density at radius 3 is 2.63 bits per heavy atom. The zero-order chi connectivity index (χ0) is 32.5. The molecule has 1 amide bonds. The van der Waals surface area contributed by atoms with Crippen LogP contribution in [0.5, 0.6) is 11.5 Å². The molecule has 5 rings (SSSR count). The van der Waals surface area contributed by atoms with E-state index in [-0.39, 0.29) is 54.9 Å². The predicted octanol–water partition coefficient (Wildman–Crippen LogP) is 4.51. The van der Waals surface area contributed by atoms with Crippen molar-refractivity contribution in [2.75, 3.05) is 40.0 Å². The summed E-state index contributed by atoms with van der Waals surface area (Å²) in [7, 11) is -2.61. The number of methoxy groups -OCH3 is 1. The predicted molar refractivity (Wildman–Crippen MR) is 171 cm³/mol. The maximum absolute atomic E-state index is 14.4. The van der Waals surface area contributed by atoms with Crippen molar-refractivity contribution in [2.24, 2.45) is 11.8 Å². The molecule has 2 aromatic carbocycles. The zero-order valence-electron chi connectivity index (χ0n) is 26.8. The molecular formula is C34H48N2O9S. The third kappa shape index (κ3) is 8.92. The number of carbonyl (C=O) groups is 1.